The van der Waals surface area contributed by atoms with Gasteiger partial charge in [-0.1, -0.05) is 0 Å². The molecule has 24 heavy (non-hydrogen) atoms. The predicted molar refractivity (Wildman–Crippen MR) is 82.8 cm³/mol. The van der Waals surface area contributed by atoms with Gasteiger partial charge in [0.2, 0.25) is 0 Å². The molecular formula is C18H18O6. The summed E-state index contributed by atoms with van der Waals surface area (Å²) in [7, 11) is 0. The van der Waals surface area contributed by atoms with Gasteiger partial charge in [-0.2, -0.15) is 0 Å². The lowest BCUT2D eigenvalue weighted by atomic mass is 10.0. The molecule has 0 bridgehead atoms. The molecule has 6 heteroatoms. The number of rotatable bonds is 4. The van der Waals surface area contributed by atoms with Crippen LogP contribution in [-0.2, 0) is 31.9 Å². The minimum Gasteiger partial charge on any atom is -0.465 e. The van der Waals surface area contributed by atoms with Gasteiger partial charge >= 0.3 is 11.9 Å². The van der Waals surface area contributed by atoms with Crippen molar-refractivity contribution in [3.8, 4) is 0 Å². The molecule has 0 unspecified atom stereocenters. The maximum atomic E-state index is 12.4. The third-order valence-corrected chi connectivity index (χ3v) is 4.48. The molecule has 0 saturated carbocycles. The first kappa shape index (κ1) is 16.4. The molecule has 3 rings (SSSR count). The van der Waals surface area contributed by atoms with E-state index >= 15 is 0 Å². The van der Waals surface area contributed by atoms with Crippen LogP contribution in [0.3, 0.4) is 0 Å². The highest BCUT2D eigenvalue weighted by molar-refractivity contribution is 6.16. The Balaban J connectivity index is 1.88. The Kier molecular flexibility index (Phi) is 4.22. The van der Waals surface area contributed by atoms with Gasteiger partial charge in [-0.3, -0.25) is 19.2 Å². The summed E-state index contributed by atoms with van der Waals surface area (Å²) in [5, 5.41) is 0. The number of Topliss-reactive ketones (excluding diaryl/α,β-unsaturated/α-hetero) is 2. The van der Waals surface area contributed by atoms with E-state index in [1.54, 1.807) is 26.0 Å². The Morgan fingerprint density at radius 2 is 1.25 bits per heavy atom. The van der Waals surface area contributed by atoms with E-state index in [9.17, 15) is 19.2 Å². The molecule has 0 spiro atoms. The molecule has 0 aliphatic heterocycles. The number of carbonyl (C=O) groups excluding carboxylic acids is 4. The van der Waals surface area contributed by atoms with Crippen molar-refractivity contribution in [1.82, 2.24) is 0 Å². The number of hydrogen-bond donors (Lipinski definition) is 0. The molecule has 6 nitrogen and oxygen atoms in total. The summed E-state index contributed by atoms with van der Waals surface area (Å²) in [6.45, 7) is 3.81. The fourth-order valence-corrected chi connectivity index (χ4v) is 3.35. The first-order chi connectivity index (χ1) is 11.5. The van der Waals surface area contributed by atoms with E-state index in [2.05, 4.69) is 0 Å². The molecule has 0 fully saturated rings. The van der Waals surface area contributed by atoms with Crippen molar-refractivity contribution >= 4 is 23.5 Å². The van der Waals surface area contributed by atoms with Gasteiger partial charge in [0, 0.05) is 11.1 Å². The van der Waals surface area contributed by atoms with Crippen LogP contribution >= 0.6 is 0 Å². The summed E-state index contributed by atoms with van der Waals surface area (Å²) < 4.78 is 9.87. The van der Waals surface area contributed by atoms with E-state index in [1.807, 2.05) is 0 Å². The second kappa shape index (κ2) is 6.19. The van der Waals surface area contributed by atoms with Crippen LogP contribution in [0.15, 0.2) is 12.1 Å². The molecular weight excluding hydrogens is 312 g/mol. The largest absolute Gasteiger partial charge is 0.465 e. The zero-order chi connectivity index (χ0) is 17.4. The van der Waals surface area contributed by atoms with Gasteiger partial charge < -0.3 is 9.47 Å². The number of fused-ring (bicyclic) bond motifs is 2. The van der Waals surface area contributed by atoms with Crippen molar-refractivity contribution in [3.05, 3.63) is 34.4 Å². The Hall–Kier alpha value is -2.50. The Bertz CT molecular complexity index is 684. The molecule has 0 saturated heterocycles. The molecule has 0 aromatic heterocycles. The van der Waals surface area contributed by atoms with Gasteiger partial charge in [0.1, 0.15) is 11.8 Å². The van der Waals surface area contributed by atoms with E-state index in [1.165, 1.54) is 0 Å². The average Bonchev–Trinajstić information content (AvgIpc) is 3.04. The average molecular weight is 330 g/mol. The maximum absolute atomic E-state index is 12.4. The third kappa shape index (κ3) is 2.52. The molecule has 0 N–H and O–H groups in total. The maximum Gasteiger partial charge on any atom is 0.317 e. The SMILES string of the molecule is CCOC(=O)[C@@H]1Cc2cc3c(cc2C1=O)C[C@@H](C(=O)OCC)C3=O. The highest BCUT2D eigenvalue weighted by Gasteiger charge is 2.42. The first-order valence-electron chi connectivity index (χ1n) is 8.05. The quantitative estimate of drug-likeness (QED) is 0.614. The molecule has 2 aliphatic rings. The van der Waals surface area contributed by atoms with Crippen molar-refractivity contribution in [2.45, 2.75) is 26.7 Å². The van der Waals surface area contributed by atoms with Crippen LogP contribution in [0.5, 0.6) is 0 Å². The van der Waals surface area contributed by atoms with Gasteiger partial charge in [-0.15, -0.1) is 0 Å². The van der Waals surface area contributed by atoms with Crippen molar-refractivity contribution in [3.63, 3.8) is 0 Å². The van der Waals surface area contributed by atoms with Crippen molar-refractivity contribution in [1.29, 1.82) is 0 Å². The summed E-state index contributed by atoms with van der Waals surface area (Å²) >= 11 is 0. The van der Waals surface area contributed by atoms with Gasteiger partial charge in [0.25, 0.3) is 0 Å². The molecule has 1 aromatic rings. The van der Waals surface area contributed by atoms with Gasteiger partial charge in [0.15, 0.2) is 11.6 Å². The van der Waals surface area contributed by atoms with Crippen LogP contribution in [-0.4, -0.2) is 36.7 Å². The Morgan fingerprint density at radius 1 is 0.875 bits per heavy atom. The van der Waals surface area contributed by atoms with Crippen LogP contribution < -0.4 is 0 Å². The summed E-state index contributed by atoms with van der Waals surface area (Å²) in [6.07, 6.45) is 0.468. The molecule has 1 aromatic carbocycles. The zero-order valence-electron chi connectivity index (χ0n) is 13.6. The Labute approximate surface area is 139 Å². The fourth-order valence-electron chi connectivity index (χ4n) is 3.35. The number of ketones is 2. The lowest BCUT2D eigenvalue weighted by Gasteiger charge is -2.06. The van der Waals surface area contributed by atoms with Crippen LogP contribution in [0.1, 0.15) is 45.7 Å². The summed E-state index contributed by atoms with van der Waals surface area (Å²) in [4.78, 5) is 48.6. The number of hydrogen-bond acceptors (Lipinski definition) is 6. The van der Waals surface area contributed by atoms with Crippen molar-refractivity contribution in [2.75, 3.05) is 13.2 Å². The molecule has 0 radical (unpaired) electrons. The topological polar surface area (TPSA) is 86.7 Å². The molecule has 0 heterocycles. The second-order valence-electron chi connectivity index (χ2n) is 5.91. The number of benzene rings is 1. The summed E-state index contributed by atoms with van der Waals surface area (Å²) in [6, 6.07) is 3.28. The third-order valence-electron chi connectivity index (χ3n) is 4.48. The van der Waals surface area contributed by atoms with Crippen LogP contribution in [0.25, 0.3) is 0 Å². The van der Waals surface area contributed by atoms with Crippen LogP contribution in [0, 0.1) is 11.8 Å². The van der Waals surface area contributed by atoms with E-state index < -0.39 is 23.8 Å². The molecule has 0 amide bonds. The predicted octanol–water partition coefficient (Wildman–Crippen LogP) is 1.52. The second-order valence-corrected chi connectivity index (χ2v) is 5.91. The van der Waals surface area contributed by atoms with Crippen molar-refractivity contribution < 1.29 is 28.7 Å². The number of ether oxygens (including phenoxy) is 2. The minimum absolute atomic E-state index is 0.217. The van der Waals surface area contributed by atoms with E-state index in [-0.39, 0.29) is 37.6 Å². The number of carbonyl (C=O) groups is 4. The lowest BCUT2D eigenvalue weighted by Crippen LogP contribution is -2.23. The minimum atomic E-state index is -0.835. The van der Waals surface area contributed by atoms with E-state index in [0.29, 0.717) is 22.3 Å². The van der Waals surface area contributed by atoms with Crippen LogP contribution in [0.2, 0.25) is 0 Å². The molecule has 2 aliphatic carbocycles. The smallest absolute Gasteiger partial charge is 0.317 e. The summed E-state index contributed by atoms with van der Waals surface area (Å²) in [5.74, 6) is -3.29. The van der Waals surface area contributed by atoms with Gasteiger partial charge in [-0.25, -0.2) is 0 Å². The van der Waals surface area contributed by atoms with Gasteiger partial charge in [0.05, 0.1) is 13.2 Å². The highest BCUT2D eigenvalue weighted by atomic mass is 16.5. The van der Waals surface area contributed by atoms with E-state index in [4.69, 9.17) is 9.47 Å². The van der Waals surface area contributed by atoms with Gasteiger partial charge in [-0.05, 0) is 49.9 Å². The van der Waals surface area contributed by atoms with Crippen molar-refractivity contribution in [2.24, 2.45) is 11.8 Å². The standard InChI is InChI=1S/C18H18O6/c1-3-23-17(21)13-7-9-5-12-10(6-11(9)15(13)19)8-14(16(12)20)18(22)24-4-2/h5-6,13-14H,3-4,7-8H2,1-2H3/t13-,14-/m1/s1. The highest BCUT2D eigenvalue weighted by Crippen LogP contribution is 2.35. The van der Waals surface area contributed by atoms with Crippen LogP contribution in [0.4, 0.5) is 0 Å². The number of esters is 2. The monoisotopic (exact) mass is 330 g/mol. The Morgan fingerprint density at radius 3 is 1.58 bits per heavy atom. The summed E-state index contributed by atoms with van der Waals surface area (Å²) in [5.41, 5.74) is 2.22. The normalized spacial score (nSPS) is 21.4. The fraction of sp³-hybridized carbons (Fsp3) is 0.444. The molecule has 2 atom stereocenters. The lowest BCUT2D eigenvalue weighted by molar-refractivity contribution is -0.146. The van der Waals surface area contributed by atoms with E-state index in [0.717, 1.165) is 0 Å². The first-order valence-corrected chi connectivity index (χ1v) is 8.05. The zero-order valence-corrected chi connectivity index (χ0v) is 13.6. The molecule has 126 valence electrons.